The fourth-order valence-electron chi connectivity index (χ4n) is 2.93. The molecule has 114 valence electrons. The van der Waals surface area contributed by atoms with Gasteiger partial charge in [-0.3, -0.25) is 0 Å². The Morgan fingerprint density at radius 3 is 2.90 bits per heavy atom. The summed E-state index contributed by atoms with van der Waals surface area (Å²) in [7, 11) is 0. The Kier molecular flexibility index (Phi) is 4.22. The molecule has 0 saturated carbocycles. The molecule has 0 amide bonds. The highest BCUT2D eigenvalue weighted by Gasteiger charge is 2.19. The van der Waals surface area contributed by atoms with Gasteiger partial charge >= 0.3 is 0 Å². The minimum absolute atomic E-state index is 0.248. The molecule has 0 spiro atoms. The zero-order valence-corrected chi connectivity index (χ0v) is 13.1. The summed E-state index contributed by atoms with van der Waals surface area (Å²) in [6.45, 7) is 8.14. The van der Waals surface area contributed by atoms with Crippen molar-refractivity contribution < 1.29 is 4.74 Å². The number of aryl methyl sites for hydroxylation is 2. The van der Waals surface area contributed by atoms with Crippen molar-refractivity contribution >= 4 is 5.65 Å². The van der Waals surface area contributed by atoms with Gasteiger partial charge in [0.2, 0.25) is 0 Å². The normalized spacial score (nSPS) is 18.2. The second kappa shape index (κ2) is 6.12. The quantitative estimate of drug-likeness (QED) is 0.939. The van der Waals surface area contributed by atoms with Crippen LogP contribution in [0.5, 0.6) is 0 Å². The van der Waals surface area contributed by atoms with Crippen molar-refractivity contribution in [3.63, 3.8) is 0 Å². The highest BCUT2D eigenvalue weighted by molar-refractivity contribution is 5.47. The standard InChI is InChI=1S/C16H24N4O/c1-4-14-9-15(19-16-11(2)10-17-20(14)16)12(3)18-13-5-7-21-8-6-13/h9-10,12-13,18H,4-8H2,1-3H3. The summed E-state index contributed by atoms with van der Waals surface area (Å²) in [6, 6.07) is 2.96. The average molecular weight is 288 g/mol. The molecule has 21 heavy (non-hydrogen) atoms. The molecule has 2 aromatic heterocycles. The molecule has 1 aliphatic heterocycles. The predicted octanol–water partition coefficient (Wildman–Crippen LogP) is 2.43. The van der Waals surface area contributed by atoms with Crippen molar-refractivity contribution in [1.82, 2.24) is 19.9 Å². The lowest BCUT2D eigenvalue weighted by molar-refractivity contribution is 0.0753. The summed E-state index contributed by atoms with van der Waals surface area (Å²) in [6.07, 6.45) is 5.01. The Balaban J connectivity index is 1.86. The molecule has 3 heterocycles. The molecular weight excluding hydrogens is 264 g/mol. The molecule has 1 fully saturated rings. The van der Waals surface area contributed by atoms with E-state index < -0.39 is 0 Å². The van der Waals surface area contributed by atoms with E-state index in [4.69, 9.17) is 9.72 Å². The van der Waals surface area contributed by atoms with E-state index in [9.17, 15) is 0 Å². The van der Waals surface area contributed by atoms with Gasteiger partial charge in [0.15, 0.2) is 5.65 Å². The van der Waals surface area contributed by atoms with Gasteiger partial charge in [0.1, 0.15) is 0 Å². The molecule has 1 unspecified atom stereocenters. The molecule has 5 heteroatoms. The molecule has 1 atom stereocenters. The van der Waals surface area contributed by atoms with Crippen LogP contribution in [0.25, 0.3) is 5.65 Å². The van der Waals surface area contributed by atoms with Gasteiger partial charge in [-0.25, -0.2) is 9.50 Å². The minimum Gasteiger partial charge on any atom is -0.381 e. The van der Waals surface area contributed by atoms with Crippen molar-refractivity contribution in [2.75, 3.05) is 13.2 Å². The number of rotatable bonds is 4. The van der Waals surface area contributed by atoms with Crippen LogP contribution in [0.15, 0.2) is 12.3 Å². The van der Waals surface area contributed by atoms with E-state index in [0.29, 0.717) is 6.04 Å². The third kappa shape index (κ3) is 2.94. The van der Waals surface area contributed by atoms with Crippen LogP contribution in [-0.2, 0) is 11.2 Å². The van der Waals surface area contributed by atoms with Crippen molar-refractivity contribution in [1.29, 1.82) is 0 Å². The third-order valence-corrected chi connectivity index (χ3v) is 4.25. The summed E-state index contributed by atoms with van der Waals surface area (Å²) >= 11 is 0. The molecule has 3 rings (SSSR count). The molecule has 1 saturated heterocycles. The Morgan fingerprint density at radius 2 is 2.19 bits per heavy atom. The van der Waals surface area contributed by atoms with Gasteiger partial charge in [0, 0.05) is 36.6 Å². The summed E-state index contributed by atoms with van der Waals surface area (Å²) < 4.78 is 7.38. The van der Waals surface area contributed by atoms with E-state index in [2.05, 4.69) is 37.3 Å². The first-order valence-electron chi connectivity index (χ1n) is 7.87. The number of aromatic nitrogens is 3. The molecule has 2 aromatic rings. The van der Waals surface area contributed by atoms with Crippen LogP contribution in [0.1, 0.15) is 49.7 Å². The fraction of sp³-hybridized carbons (Fsp3) is 0.625. The van der Waals surface area contributed by atoms with Crippen LogP contribution in [0.3, 0.4) is 0 Å². The lowest BCUT2D eigenvalue weighted by Crippen LogP contribution is -2.36. The van der Waals surface area contributed by atoms with Crippen LogP contribution in [0.2, 0.25) is 0 Å². The first kappa shape index (κ1) is 14.5. The largest absolute Gasteiger partial charge is 0.381 e. The van der Waals surface area contributed by atoms with Gasteiger partial charge in [0.25, 0.3) is 0 Å². The summed E-state index contributed by atoms with van der Waals surface area (Å²) in [4.78, 5) is 4.82. The van der Waals surface area contributed by atoms with E-state index in [1.807, 2.05) is 10.7 Å². The number of nitrogens with zero attached hydrogens (tertiary/aromatic N) is 3. The Morgan fingerprint density at radius 1 is 1.43 bits per heavy atom. The predicted molar refractivity (Wildman–Crippen MR) is 82.5 cm³/mol. The van der Waals surface area contributed by atoms with E-state index in [1.54, 1.807) is 0 Å². The molecule has 1 N–H and O–H groups in total. The summed E-state index contributed by atoms with van der Waals surface area (Å²) in [5, 5.41) is 8.11. The van der Waals surface area contributed by atoms with Crippen molar-refractivity contribution in [3.8, 4) is 0 Å². The van der Waals surface area contributed by atoms with Crippen LogP contribution in [0, 0.1) is 6.92 Å². The van der Waals surface area contributed by atoms with Gasteiger partial charge in [-0.1, -0.05) is 6.92 Å². The SMILES string of the molecule is CCc1cc(C(C)NC2CCOCC2)nc2c(C)cnn12. The second-order valence-electron chi connectivity index (χ2n) is 5.86. The number of hydrogen-bond acceptors (Lipinski definition) is 4. The van der Waals surface area contributed by atoms with E-state index >= 15 is 0 Å². The van der Waals surface area contributed by atoms with Gasteiger partial charge in [-0.2, -0.15) is 5.10 Å². The molecule has 0 radical (unpaired) electrons. The Bertz CT molecular complexity index is 616. The van der Waals surface area contributed by atoms with E-state index in [-0.39, 0.29) is 6.04 Å². The maximum atomic E-state index is 5.42. The van der Waals surface area contributed by atoms with Crippen molar-refractivity contribution in [2.24, 2.45) is 0 Å². The van der Waals surface area contributed by atoms with Crippen LogP contribution in [-0.4, -0.2) is 33.9 Å². The highest BCUT2D eigenvalue weighted by Crippen LogP contribution is 2.19. The number of ether oxygens (including phenoxy) is 1. The zero-order valence-electron chi connectivity index (χ0n) is 13.1. The van der Waals surface area contributed by atoms with Gasteiger partial charge in [-0.05, 0) is 39.2 Å². The first-order valence-corrected chi connectivity index (χ1v) is 7.87. The van der Waals surface area contributed by atoms with E-state index in [0.717, 1.165) is 49.4 Å². The topological polar surface area (TPSA) is 51.5 Å². The van der Waals surface area contributed by atoms with Crippen molar-refractivity contribution in [3.05, 3.63) is 29.2 Å². The molecule has 5 nitrogen and oxygen atoms in total. The molecule has 1 aliphatic rings. The summed E-state index contributed by atoms with van der Waals surface area (Å²) in [5.41, 5.74) is 4.42. The van der Waals surface area contributed by atoms with Gasteiger partial charge in [-0.15, -0.1) is 0 Å². The average Bonchev–Trinajstić information content (AvgIpc) is 2.89. The maximum Gasteiger partial charge on any atom is 0.158 e. The first-order chi connectivity index (χ1) is 10.2. The molecule has 0 aromatic carbocycles. The Labute approximate surface area is 125 Å². The lowest BCUT2D eigenvalue weighted by atomic mass is 10.1. The minimum atomic E-state index is 0.248. The number of fused-ring (bicyclic) bond motifs is 1. The smallest absolute Gasteiger partial charge is 0.158 e. The van der Waals surface area contributed by atoms with Crippen LogP contribution >= 0.6 is 0 Å². The van der Waals surface area contributed by atoms with Crippen LogP contribution < -0.4 is 5.32 Å². The molecular formula is C16H24N4O. The van der Waals surface area contributed by atoms with Gasteiger partial charge in [0.05, 0.1) is 11.9 Å². The Hall–Kier alpha value is -1.46. The molecule has 0 bridgehead atoms. The number of hydrogen-bond donors (Lipinski definition) is 1. The van der Waals surface area contributed by atoms with Crippen molar-refractivity contribution in [2.45, 2.75) is 52.1 Å². The van der Waals surface area contributed by atoms with Gasteiger partial charge < -0.3 is 10.1 Å². The second-order valence-corrected chi connectivity index (χ2v) is 5.86. The summed E-state index contributed by atoms with van der Waals surface area (Å²) in [5.74, 6) is 0. The monoisotopic (exact) mass is 288 g/mol. The lowest BCUT2D eigenvalue weighted by Gasteiger charge is -2.26. The number of nitrogens with one attached hydrogen (secondary N) is 1. The van der Waals surface area contributed by atoms with Crippen LogP contribution in [0.4, 0.5) is 0 Å². The highest BCUT2D eigenvalue weighted by atomic mass is 16.5. The van der Waals surface area contributed by atoms with E-state index in [1.165, 1.54) is 5.69 Å². The molecule has 0 aliphatic carbocycles. The fourth-order valence-corrected chi connectivity index (χ4v) is 2.93. The zero-order chi connectivity index (χ0) is 14.8. The third-order valence-electron chi connectivity index (χ3n) is 4.25. The maximum absolute atomic E-state index is 5.42.